The van der Waals surface area contributed by atoms with E-state index < -0.39 is 0 Å². The van der Waals surface area contributed by atoms with Crippen molar-refractivity contribution in [2.45, 2.75) is 62.8 Å². The Balaban J connectivity index is 1.68. The molecule has 3 nitrogen and oxygen atoms in total. The molecule has 0 aliphatic carbocycles. The Bertz CT molecular complexity index is 226. The number of hydrogen-bond donors (Lipinski definition) is 1. The second-order valence-electron chi connectivity index (χ2n) is 5.64. The van der Waals surface area contributed by atoms with Crippen LogP contribution in [0.4, 0.5) is 0 Å². The van der Waals surface area contributed by atoms with Gasteiger partial charge >= 0.3 is 0 Å². The van der Waals surface area contributed by atoms with Gasteiger partial charge in [-0.1, -0.05) is 0 Å². The molecule has 0 aromatic rings. The second kappa shape index (κ2) is 4.63. The number of hydrogen-bond acceptors (Lipinski definition) is 3. The molecule has 0 aromatic heterocycles. The van der Waals surface area contributed by atoms with E-state index in [1.807, 2.05) is 7.11 Å². The summed E-state index contributed by atoms with van der Waals surface area (Å²) >= 11 is 0. The van der Waals surface area contributed by atoms with Gasteiger partial charge in [0.15, 0.2) is 0 Å². The van der Waals surface area contributed by atoms with E-state index in [-0.39, 0.29) is 0 Å². The number of piperidine rings is 2. The fourth-order valence-electron chi connectivity index (χ4n) is 4.06. The monoisotopic (exact) mass is 224 g/mol. The standard InChI is InChI=1S/C13H24N2O/c1-16-13-8-11-2-3-12(9-13)15(11)10-4-6-14-7-5-10/h10-14H,2-9H2,1H3. The third kappa shape index (κ3) is 1.89. The average Bonchev–Trinajstić information content (AvgIpc) is 2.61. The van der Waals surface area contributed by atoms with Gasteiger partial charge in [0, 0.05) is 25.2 Å². The highest BCUT2D eigenvalue weighted by Crippen LogP contribution is 2.39. The van der Waals surface area contributed by atoms with E-state index in [4.69, 9.17) is 4.74 Å². The first-order valence-electron chi connectivity index (χ1n) is 6.89. The first-order chi connectivity index (χ1) is 7.88. The molecule has 3 fully saturated rings. The molecule has 2 unspecified atom stereocenters. The Morgan fingerprint density at radius 2 is 1.56 bits per heavy atom. The van der Waals surface area contributed by atoms with Crippen molar-refractivity contribution in [1.82, 2.24) is 10.2 Å². The highest BCUT2D eigenvalue weighted by Gasteiger charge is 2.43. The van der Waals surface area contributed by atoms with Crippen molar-refractivity contribution in [3.05, 3.63) is 0 Å². The first kappa shape index (κ1) is 11.0. The maximum atomic E-state index is 5.57. The maximum Gasteiger partial charge on any atom is 0.0601 e. The summed E-state index contributed by atoms with van der Waals surface area (Å²) in [6.07, 6.45) is 8.61. The third-order valence-corrected chi connectivity index (χ3v) is 4.81. The summed E-state index contributed by atoms with van der Waals surface area (Å²) in [4.78, 5) is 2.86. The van der Waals surface area contributed by atoms with E-state index in [1.54, 1.807) is 0 Å². The van der Waals surface area contributed by atoms with Crippen molar-refractivity contribution < 1.29 is 4.74 Å². The van der Waals surface area contributed by atoms with Crippen LogP contribution in [0.25, 0.3) is 0 Å². The molecule has 16 heavy (non-hydrogen) atoms. The number of rotatable bonds is 2. The van der Waals surface area contributed by atoms with Gasteiger partial charge in [-0.25, -0.2) is 0 Å². The van der Waals surface area contributed by atoms with E-state index in [1.165, 1.54) is 51.6 Å². The van der Waals surface area contributed by atoms with Crippen LogP contribution in [0, 0.1) is 0 Å². The van der Waals surface area contributed by atoms with E-state index in [2.05, 4.69) is 10.2 Å². The number of methoxy groups -OCH3 is 1. The van der Waals surface area contributed by atoms with Crippen molar-refractivity contribution in [1.29, 1.82) is 0 Å². The summed E-state index contributed by atoms with van der Waals surface area (Å²) in [6.45, 7) is 2.43. The molecule has 92 valence electrons. The van der Waals surface area contributed by atoms with Crippen molar-refractivity contribution >= 4 is 0 Å². The first-order valence-corrected chi connectivity index (χ1v) is 6.89. The van der Waals surface area contributed by atoms with Crippen molar-refractivity contribution in [2.24, 2.45) is 0 Å². The number of nitrogens with zero attached hydrogens (tertiary/aromatic N) is 1. The van der Waals surface area contributed by atoms with E-state index in [0.29, 0.717) is 6.10 Å². The van der Waals surface area contributed by atoms with Gasteiger partial charge in [-0.15, -0.1) is 0 Å². The van der Waals surface area contributed by atoms with Gasteiger partial charge in [0.1, 0.15) is 0 Å². The SMILES string of the molecule is COC1CC2CCC(C1)N2C1CCNCC1. The number of nitrogens with one attached hydrogen (secondary N) is 1. The van der Waals surface area contributed by atoms with Crippen LogP contribution in [0.5, 0.6) is 0 Å². The molecular weight excluding hydrogens is 200 g/mol. The van der Waals surface area contributed by atoms with Crippen LogP contribution in [0.15, 0.2) is 0 Å². The smallest absolute Gasteiger partial charge is 0.0601 e. The van der Waals surface area contributed by atoms with Gasteiger partial charge in [-0.05, 0) is 51.6 Å². The molecular formula is C13H24N2O. The minimum atomic E-state index is 0.537. The van der Waals surface area contributed by atoms with E-state index >= 15 is 0 Å². The van der Waals surface area contributed by atoms with Crippen LogP contribution in [-0.4, -0.2) is 49.3 Å². The van der Waals surface area contributed by atoms with Gasteiger partial charge in [0.05, 0.1) is 6.10 Å². The van der Waals surface area contributed by atoms with Crippen LogP contribution in [-0.2, 0) is 4.74 Å². The summed E-state index contributed by atoms with van der Waals surface area (Å²) in [6, 6.07) is 2.51. The molecule has 3 rings (SSSR count). The second-order valence-corrected chi connectivity index (χ2v) is 5.64. The summed E-state index contributed by atoms with van der Waals surface area (Å²) in [5, 5.41) is 3.47. The maximum absolute atomic E-state index is 5.57. The van der Waals surface area contributed by atoms with Crippen LogP contribution >= 0.6 is 0 Å². The Labute approximate surface area is 98.5 Å². The Kier molecular flexibility index (Phi) is 3.18. The van der Waals surface area contributed by atoms with Gasteiger partial charge in [0.2, 0.25) is 0 Å². The molecule has 0 aromatic carbocycles. The Morgan fingerprint density at radius 1 is 0.938 bits per heavy atom. The van der Waals surface area contributed by atoms with Crippen LogP contribution in [0.2, 0.25) is 0 Å². The van der Waals surface area contributed by atoms with Crippen LogP contribution in [0.1, 0.15) is 38.5 Å². The summed E-state index contributed by atoms with van der Waals surface area (Å²) in [7, 11) is 1.88. The zero-order valence-corrected chi connectivity index (χ0v) is 10.3. The Morgan fingerprint density at radius 3 is 2.12 bits per heavy atom. The molecule has 0 spiro atoms. The van der Waals surface area contributed by atoms with Crippen molar-refractivity contribution in [3.8, 4) is 0 Å². The number of ether oxygens (including phenoxy) is 1. The van der Waals surface area contributed by atoms with Crippen LogP contribution < -0.4 is 5.32 Å². The molecule has 3 aliphatic heterocycles. The normalized spacial score (nSPS) is 41.4. The zero-order chi connectivity index (χ0) is 11.0. The molecule has 3 saturated heterocycles. The molecule has 0 amide bonds. The summed E-state index contributed by atoms with van der Waals surface area (Å²) in [5.74, 6) is 0. The highest BCUT2D eigenvalue weighted by atomic mass is 16.5. The minimum Gasteiger partial charge on any atom is -0.381 e. The largest absolute Gasteiger partial charge is 0.381 e. The average molecular weight is 224 g/mol. The minimum absolute atomic E-state index is 0.537. The van der Waals surface area contributed by atoms with Gasteiger partial charge < -0.3 is 10.1 Å². The lowest BCUT2D eigenvalue weighted by Crippen LogP contribution is -2.53. The fourth-order valence-corrected chi connectivity index (χ4v) is 4.06. The fraction of sp³-hybridized carbons (Fsp3) is 1.00. The molecule has 3 heterocycles. The predicted octanol–water partition coefficient (Wildman–Crippen LogP) is 1.38. The zero-order valence-electron chi connectivity index (χ0n) is 10.3. The quantitative estimate of drug-likeness (QED) is 0.767. The molecule has 2 atom stereocenters. The third-order valence-electron chi connectivity index (χ3n) is 4.81. The van der Waals surface area contributed by atoms with E-state index in [9.17, 15) is 0 Å². The molecule has 1 N–H and O–H groups in total. The topological polar surface area (TPSA) is 24.5 Å². The lowest BCUT2D eigenvalue weighted by atomic mass is 9.94. The number of fused-ring (bicyclic) bond motifs is 2. The van der Waals surface area contributed by atoms with Crippen LogP contribution in [0.3, 0.4) is 0 Å². The molecule has 2 bridgehead atoms. The van der Waals surface area contributed by atoms with Crippen molar-refractivity contribution in [2.75, 3.05) is 20.2 Å². The molecule has 0 saturated carbocycles. The van der Waals surface area contributed by atoms with Gasteiger partial charge in [-0.3, -0.25) is 4.90 Å². The molecule has 0 radical (unpaired) electrons. The lowest BCUT2D eigenvalue weighted by molar-refractivity contribution is -0.0180. The summed E-state index contributed by atoms with van der Waals surface area (Å²) in [5.41, 5.74) is 0. The highest BCUT2D eigenvalue weighted by molar-refractivity contribution is 4.99. The van der Waals surface area contributed by atoms with Crippen molar-refractivity contribution in [3.63, 3.8) is 0 Å². The van der Waals surface area contributed by atoms with E-state index in [0.717, 1.165) is 18.1 Å². The predicted molar refractivity (Wildman–Crippen MR) is 64.6 cm³/mol. The molecule has 3 heteroatoms. The van der Waals surface area contributed by atoms with Gasteiger partial charge in [-0.2, -0.15) is 0 Å². The summed E-state index contributed by atoms with van der Waals surface area (Å²) < 4.78 is 5.57. The van der Waals surface area contributed by atoms with Gasteiger partial charge in [0.25, 0.3) is 0 Å². The Hall–Kier alpha value is -0.120. The molecule has 3 aliphatic rings. The lowest BCUT2D eigenvalue weighted by Gasteiger charge is -2.44.